The molecule has 6 heteroatoms. The van der Waals surface area contributed by atoms with Gasteiger partial charge in [-0.25, -0.2) is 0 Å². The van der Waals surface area contributed by atoms with Crippen molar-refractivity contribution in [3.8, 4) is 0 Å². The summed E-state index contributed by atoms with van der Waals surface area (Å²) in [6, 6.07) is 8.07. The van der Waals surface area contributed by atoms with Crippen LogP contribution in [-0.2, 0) is 16.0 Å². The van der Waals surface area contributed by atoms with Crippen LogP contribution in [0.15, 0.2) is 28.7 Å². The molecule has 0 saturated heterocycles. The summed E-state index contributed by atoms with van der Waals surface area (Å²) in [5.74, 6) is -0.0852. The molecule has 3 unspecified atom stereocenters. The first-order chi connectivity index (χ1) is 10.7. The molecule has 2 rings (SSSR count). The molecule has 0 aromatic heterocycles. The SMILES string of the molecule is CCOC1CC(N)(C(=O)NC(C)Cc2ccccc2Br)C1(C)C.Cl. The summed E-state index contributed by atoms with van der Waals surface area (Å²) in [6.45, 7) is 8.63. The fourth-order valence-corrected chi connectivity index (χ4v) is 3.66. The molecule has 1 amide bonds. The average molecular weight is 420 g/mol. The molecule has 3 N–H and O–H groups in total. The van der Waals surface area contributed by atoms with Crippen molar-refractivity contribution in [2.24, 2.45) is 11.1 Å². The van der Waals surface area contributed by atoms with Crippen LogP contribution in [0.25, 0.3) is 0 Å². The van der Waals surface area contributed by atoms with Crippen LogP contribution in [0.4, 0.5) is 0 Å². The minimum absolute atomic E-state index is 0. The summed E-state index contributed by atoms with van der Waals surface area (Å²) >= 11 is 3.54. The number of carbonyl (C=O) groups is 1. The maximum atomic E-state index is 12.7. The van der Waals surface area contributed by atoms with Gasteiger partial charge in [0.05, 0.1) is 6.10 Å². The minimum atomic E-state index is -0.866. The molecule has 1 aromatic carbocycles. The van der Waals surface area contributed by atoms with Crippen molar-refractivity contribution in [3.05, 3.63) is 34.3 Å². The summed E-state index contributed by atoms with van der Waals surface area (Å²) in [7, 11) is 0. The molecule has 1 aliphatic rings. The Labute approximate surface area is 159 Å². The molecule has 0 spiro atoms. The summed E-state index contributed by atoms with van der Waals surface area (Å²) in [5, 5.41) is 3.08. The van der Waals surface area contributed by atoms with Crippen LogP contribution in [-0.4, -0.2) is 30.2 Å². The molecule has 1 aromatic rings. The van der Waals surface area contributed by atoms with Gasteiger partial charge in [-0.05, 0) is 31.9 Å². The third-order valence-corrected chi connectivity index (χ3v) is 5.87. The number of amides is 1. The van der Waals surface area contributed by atoms with Crippen molar-refractivity contribution in [2.75, 3.05) is 6.61 Å². The molecular weight excluding hydrogens is 392 g/mol. The van der Waals surface area contributed by atoms with E-state index in [9.17, 15) is 4.79 Å². The Bertz CT molecular complexity index is 582. The summed E-state index contributed by atoms with van der Waals surface area (Å²) < 4.78 is 6.75. The van der Waals surface area contributed by atoms with E-state index in [2.05, 4.69) is 27.3 Å². The second kappa shape index (κ2) is 8.17. The molecule has 1 fully saturated rings. The number of hydrogen-bond acceptors (Lipinski definition) is 3. The van der Waals surface area contributed by atoms with E-state index in [0.29, 0.717) is 13.0 Å². The van der Waals surface area contributed by atoms with E-state index in [1.54, 1.807) is 0 Å². The Hall–Kier alpha value is -0.620. The lowest BCUT2D eigenvalue weighted by Crippen LogP contribution is -2.76. The maximum absolute atomic E-state index is 12.7. The number of hydrogen-bond donors (Lipinski definition) is 2. The summed E-state index contributed by atoms with van der Waals surface area (Å²) in [6.07, 6.45) is 1.38. The van der Waals surface area contributed by atoms with Gasteiger partial charge >= 0.3 is 0 Å². The zero-order chi connectivity index (χ0) is 17.3. The first-order valence-corrected chi connectivity index (χ1v) is 8.96. The lowest BCUT2D eigenvalue weighted by atomic mass is 9.54. The Morgan fingerprint density at radius 2 is 2.08 bits per heavy atom. The van der Waals surface area contributed by atoms with Crippen LogP contribution in [0.1, 0.15) is 39.7 Å². The summed E-state index contributed by atoms with van der Waals surface area (Å²) in [4.78, 5) is 12.7. The van der Waals surface area contributed by atoms with E-state index in [-0.39, 0.29) is 35.9 Å². The number of benzene rings is 1. The molecule has 3 atom stereocenters. The predicted molar refractivity (Wildman–Crippen MR) is 103 cm³/mol. The molecule has 1 saturated carbocycles. The molecule has 0 heterocycles. The highest BCUT2D eigenvalue weighted by Gasteiger charge is 2.62. The van der Waals surface area contributed by atoms with Gasteiger partial charge in [0.1, 0.15) is 5.54 Å². The molecule has 24 heavy (non-hydrogen) atoms. The zero-order valence-electron chi connectivity index (χ0n) is 14.8. The van der Waals surface area contributed by atoms with Crippen molar-refractivity contribution in [1.82, 2.24) is 5.32 Å². The Kier molecular flexibility index (Phi) is 7.29. The molecule has 0 radical (unpaired) electrons. The maximum Gasteiger partial charge on any atom is 0.241 e. The highest BCUT2D eigenvalue weighted by Crippen LogP contribution is 2.49. The highest BCUT2D eigenvalue weighted by molar-refractivity contribution is 9.10. The summed E-state index contributed by atoms with van der Waals surface area (Å²) in [5.41, 5.74) is 6.36. The van der Waals surface area contributed by atoms with Crippen LogP contribution in [0, 0.1) is 5.41 Å². The van der Waals surface area contributed by atoms with Crippen molar-refractivity contribution in [3.63, 3.8) is 0 Å². The number of nitrogens with one attached hydrogen (secondary N) is 1. The fraction of sp³-hybridized carbons (Fsp3) is 0.611. The van der Waals surface area contributed by atoms with Gasteiger partial charge in [0, 0.05) is 29.0 Å². The Morgan fingerprint density at radius 3 is 2.62 bits per heavy atom. The van der Waals surface area contributed by atoms with Gasteiger partial charge in [-0.15, -0.1) is 12.4 Å². The lowest BCUT2D eigenvalue weighted by molar-refractivity contribution is -0.171. The van der Waals surface area contributed by atoms with Gasteiger partial charge in [0.2, 0.25) is 5.91 Å². The lowest BCUT2D eigenvalue weighted by Gasteiger charge is -2.57. The van der Waals surface area contributed by atoms with E-state index in [1.165, 1.54) is 5.56 Å². The van der Waals surface area contributed by atoms with Crippen LogP contribution in [0.2, 0.25) is 0 Å². The average Bonchev–Trinajstić information content (AvgIpc) is 2.49. The third kappa shape index (κ3) is 3.96. The number of rotatable bonds is 6. The van der Waals surface area contributed by atoms with Crippen LogP contribution < -0.4 is 11.1 Å². The quantitative estimate of drug-likeness (QED) is 0.742. The largest absolute Gasteiger partial charge is 0.378 e. The van der Waals surface area contributed by atoms with E-state index in [4.69, 9.17) is 10.5 Å². The zero-order valence-corrected chi connectivity index (χ0v) is 17.2. The van der Waals surface area contributed by atoms with Crippen molar-refractivity contribution < 1.29 is 9.53 Å². The number of carbonyl (C=O) groups excluding carboxylic acids is 1. The molecule has 4 nitrogen and oxygen atoms in total. The van der Waals surface area contributed by atoms with Gasteiger partial charge in [-0.2, -0.15) is 0 Å². The van der Waals surface area contributed by atoms with Crippen LogP contribution in [0.5, 0.6) is 0 Å². The van der Waals surface area contributed by atoms with E-state index in [1.807, 2.05) is 45.9 Å². The van der Waals surface area contributed by atoms with E-state index in [0.717, 1.165) is 10.9 Å². The van der Waals surface area contributed by atoms with Gasteiger partial charge < -0.3 is 15.8 Å². The number of ether oxygens (including phenoxy) is 1. The molecular formula is C18H28BrClN2O2. The monoisotopic (exact) mass is 418 g/mol. The first kappa shape index (κ1) is 21.4. The normalized spacial score (nSPS) is 26.0. The molecule has 1 aliphatic carbocycles. The highest BCUT2D eigenvalue weighted by atomic mass is 79.9. The van der Waals surface area contributed by atoms with E-state index < -0.39 is 5.54 Å². The van der Waals surface area contributed by atoms with E-state index >= 15 is 0 Å². The first-order valence-electron chi connectivity index (χ1n) is 8.17. The second-order valence-corrected chi connectivity index (χ2v) is 7.87. The number of nitrogens with two attached hydrogens (primary N) is 1. The van der Waals surface area contributed by atoms with Crippen molar-refractivity contribution in [1.29, 1.82) is 0 Å². The van der Waals surface area contributed by atoms with Gasteiger partial charge in [0.25, 0.3) is 0 Å². The Balaban J connectivity index is 0.00000288. The van der Waals surface area contributed by atoms with Gasteiger partial charge in [-0.1, -0.05) is 48.0 Å². The van der Waals surface area contributed by atoms with Crippen molar-refractivity contribution in [2.45, 2.75) is 58.2 Å². The topological polar surface area (TPSA) is 64.3 Å². The second-order valence-electron chi connectivity index (χ2n) is 7.01. The standard InChI is InChI=1S/C18H27BrN2O2.ClH/c1-5-23-15-11-18(20,17(15,3)4)16(22)21-12(2)10-13-8-6-7-9-14(13)19;/h6-9,12,15H,5,10-11,20H2,1-4H3,(H,21,22);1H. The predicted octanol–water partition coefficient (Wildman–Crippen LogP) is 3.45. The molecule has 0 aliphatic heterocycles. The van der Waals surface area contributed by atoms with Crippen LogP contribution in [0.3, 0.4) is 0 Å². The van der Waals surface area contributed by atoms with Crippen LogP contribution >= 0.6 is 28.3 Å². The van der Waals surface area contributed by atoms with Gasteiger partial charge in [-0.3, -0.25) is 4.79 Å². The minimum Gasteiger partial charge on any atom is -0.378 e. The molecule has 136 valence electrons. The van der Waals surface area contributed by atoms with Crippen molar-refractivity contribution >= 4 is 34.2 Å². The third-order valence-electron chi connectivity index (χ3n) is 5.10. The smallest absolute Gasteiger partial charge is 0.241 e. The molecule has 0 bridgehead atoms. The fourth-order valence-electron chi connectivity index (χ4n) is 3.22. The number of halogens is 2. The Morgan fingerprint density at radius 1 is 1.46 bits per heavy atom. The van der Waals surface area contributed by atoms with Gasteiger partial charge in [0.15, 0.2) is 0 Å².